The maximum Gasteiger partial charge on any atom is 0.261 e. The zero-order valence-corrected chi connectivity index (χ0v) is 22.4. The number of rotatable bonds is 7. The second-order valence-electron chi connectivity index (χ2n) is 9.22. The Morgan fingerprint density at radius 1 is 0.974 bits per heavy atom. The van der Waals surface area contributed by atoms with Gasteiger partial charge in [0.15, 0.2) is 5.11 Å². The zero-order valence-electron chi connectivity index (χ0n) is 21.6. The SMILES string of the molecule is CCCCc1ccc(-n2nc3cc(C)c(NC(=S)NC(=O)c4cc5ccccc5cc4OC)cc3n2)cc1. The molecule has 2 N–H and O–H groups in total. The van der Waals surface area contributed by atoms with Gasteiger partial charge < -0.3 is 10.1 Å². The van der Waals surface area contributed by atoms with E-state index in [1.165, 1.54) is 18.4 Å². The third-order valence-electron chi connectivity index (χ3n) is 6.50. The number of anilines is 1. The van der Waals surface area contributed by atoms with Gasteiger partial charge in [0.1, 0.15) is 16.8 Å². The van der Waals surface area contributed by atoms with E-state index in [0.29, 0.717) is 11.3 Å². The van der Waals surface area contributed by atoms with E-state index in [9.17, 15) is 4.79 Å². The highest BCUT2D eigenvalue weighted by atomic mass is 32.1. The van der Waals surface area contributed by atoms with E-state index in [1.54, 1.807) is 18.0 Å². The van der Waals surface area contributed by atoms with Crippen molar-refractivity contribution >= 4 is 50.7 Å². The first-order chi connectivity index (χ1) is 18.4. The Kier molecular flexibility index (Phi) is 7.33. The molecular weight excluding hydrogens is 494 g/mol. The summed E-state index contributed by atoms with van der Waals surface area (Å²) >= 11 is 5.47. The average molecular weight is 524 g/mol. The van der Waals surface area contributed by atoms with Crippen molar-refractivity contribution in [2.75, 3.05) is 12.4 Å². The number of methoxy groups -OCH3 is 1. The lowest BCUT2D eigenvalue weighted by Gasteiger charge is -2.14. The smallest absolute Gasteiger partial charge is 0.261 e. The molecule has 1 aromatic heterocycles. The Morgan fingerprint density at radius 2 is 1.66 bits per heavy atom. The number of aromatic nitrogens is 3. The Bertz CT molecular complexity index is 1640. The summed E-state index contributed by atoms with van der Waals surface area (Å²) in [6.07, 6.45) is 3.42. The van der Waals surface area contributed by atoms with Crippen LogP contribution in [0.4, 0.5) is 5.69 Å². The number of thiocarbonyl (C=S) groups is 1. The highest BCUT2D eigenvalue weighted by Crippen LogP contribution is 2.26. The van der Waals surface area contributed by atoms with Gasteiger partial charge >= 0.3 is 0 Å². The monoisotopic (exact) mass is 523 g/mol. The summed E-state index contributed by atoms with van der Waals surface area (Å²) < 4.78 is 5.46. The molecular formula is C30H29N5O2S. The summed E-state index contributed by atoms with van der Waals surface area (Å²) in [6.45, 7) is 4.15. The van der Waals surface area contributed by atoms with Crippen molar-refractivity contribution < 1.29 is 9.53 Å². The van der Waals surface area contributed by atoms with Gasteiger partial charge in [-0.1, -0.05) is 49.7 Å². The lowest BCUT2D eigenvalue weighted by Crippen LogP contribution is -2.34. The highest BCUT2D eigenvalue weighted by molar-refractivity contribution is 7.80. The van der Waals surface area contributed by atoms with E-state index in [4.69, 9.17) is 17.0 Å². The number of carbonyl (C=O) groups is 1. The molecule has 4 aromatic carbocycles. The molecule has 0 aliphatic heterocycles. The fourth-order valence-corrected chi connectivity index (χ4v) is 4.59. The van der Waals surface area contributed by atoms with Crippen LogP contribution in [0, 0.1) is 6.92 Å². The number of fused-ring (bicyclic) bond motifs is 2. The van der Waals surface area contributed by atoms with E-state index in [2.05, 4.69) is 39.9 Å². The van der Waals surface area contributed by atoms with Crippen molar-refractivity contribution in [1.82, 2.24) is 20.3 Å². The van der Waals surface area contributed by atoms with Gasteiger partial charge in [-0.3, -0.25) is 10.1 Å². The second-order valence-corrected chi connectivity index (χ2v) is 9.63. The fourth-order valence-electron chi connectivity index (χ4n) is 4.38. The van der Waals surface area contributed by atoms with Crippen LogP contribution < -0.4 is 15.4 Å². The molecule has 0 aliphatic carbocycles. The molecule has 0 fully saturated rings. The number of aryl methyl sites for hydroxylation is 2. The van der Waals surface area contributed by atoms with Gasteiger partial charge in [-0.25, -0.2) is 0 Å². The average Bonchev–Trinajstić information content (AvgIpc) is 3.34. The van der Waals surface area contributed by atoms with Gasteiger partial charge in [-0.05, 0) is 90.3 Å². The van der Waals surface area contributed by atoms with E-state index in [1.807, 2.05) is 61.5 Å². The molecule has 8 heteroatoms. The summed E-state index contributed by atoms with van der Waals surface area (Å²) in [5.41, 5.74) is 5.80. The quantitative estimate of drug-likeness (QED) is 0.242. The summed E-state index contributed by atoms with van der Waals surface area (Å²) in [6, 6.07) is 23.6. The number of nitrogens with one attached hydrogen (secondary N) is 2. The van der Waals surface area contributed by atoms with E-state index >= 15 is 0 Å². The Morgan fingerprint density at radius 3 is 2.34 bits per heavy atom. The molecule has 7 nitrogen and oxygen atoms in total. The first kappa shape index (κ1) is 25.4. The van der Waals surface area contributed by atoms with Crippen LogP contribution in [0.1, 0.15) is 41.3 Å². The molecule has 5 rings (SSSR count). The minimum Gasteiger partial charge on any atom is -0.496 e. The molecule has 0 radical (unpaired) electrons. The highest BCUT2D eigenvalue weighted by Gasteiger charge is 2.16. The van der Waals surface area contributed by atoms with Crippen LogP contribution in [0.3, 0.4) is 0 Å². The number of amides is 1. The summed E-state index contributed by atoms with van der Waals surface area (Å²) in [7, 11) is 1.55. The van der Waals surface area contributed by atoms with Crippen LogP contribution >= 0.6 is 12.2 Å². The second kappa shape index (κ2) is 11.0. The molecule has 192 valence electrons. The fraction of sp³-hybridized carbons (Fsp3) is 0.200. The van der Waals surface area contributed by atoms with Gasteiger partial charge in [0.25, 0.3) is 5.91 Å². The standard InChI is InChI=1S/C30H29N5O2S/c1-4-5-8-20-11-13-23(14-12-20)35-33-26-15-19(2)25(18-27(26)34-35)31-30(38)32-29(36)24-16-21-9-6-7-10-22(21)17-28(24)37-3/h6-7,9-18H,4-5,8H2,1-3H3,(H2,31,32,36,38). The molecule has 1 heterocycles. The maximum absolute atomic E-state index is 13.1. The molecule has 38 heavy (non-hydrogen) atoms. The van der Waals surface area contributed by atoms with Crippen LogP contribution in [0.25, 0.3) is 27.5 Å². The Balaban J connectivity index is 1.32. The number of carbonyl (C=O) groups excluding carboxylic acids is 1. The van der Waals surface area contributed by atoms with Gasteiger partial charge in [0.05, 0.1) is 18.4 Å². The first-order valence-electron chi connectivity index (χ1n) is 12.6. The van der Waals surface area contributed by atoms with Crippen molar-refractivity contribution in [1.29, 1.82) is 0 Å². The van der Waals surface area contributed by atoms with Gasteiger partial charge in [-0.15, -0.1) is 10.2 Å². The largest absolute Gasteiger partial charge is 0.496 e. The minimum atomic E-state index is -0.350. The minimum absolute atomic E-state index is 0.183. The molecule has 0 saturated carbocycles. The third-order valence-corrected chi connectivity index (χ3v) is 6.70. The number of hydrogen-bond acceptors (Lipinski definition) is 5. The third kappa shape index (κ3) is 5.35. The topological polar surface area (TPSA) is 81.1 Å². The molecule has 0 atom stereocenters. The van der Waals surface area contributed by atoms with Crippen LogP contribution in [-0.2, 0) is 6.42 Å². The van der Waals surface area contributed by atoms with E-state index in [0.717, 1.165) is 45.2 Å². The molecule has 0 aliphatic rings. The predicted molar refractivity (Wildman–Crippen MR) is 156 cm³/mol. The van der Waals surface area contributed by atoms with Crippen LogP contribution in [0.2, 0.25) is 0 Å². The van der Waals surface area contributed by atoms with Gasteiger partial charge in [-0.2, -0.15) is 4.80 Å². The lowest BCUT2D eigenvalue weighted by molar-refractivity contribution is 0.0975. The van der Waals surface area contributed by atoms with Crippen molar-refractivity contribution in [3.05, 3.63) is 89.5 Å². The van der Waals surface area contributed by atoms with Crippen LogP contribution in [-0.4, -0.2) is 33.1 Å². The maximum atomic E-state index is 13.1. The summed E-state index contributed by atoms with van der Waals surface area (Å²) in [5.74, 6) is 0.133. The number of unbranched alkanes of at least 4 members (excludes halogenated alkanes) is 1. The molecule has 5 aromatic rings. The number of ether oxygens (including phenoxy) is 1. The van der Waals surface area contributed by atoms with Crippen LogP contribution in [0.15, 0.2) is 72.8 Å². The predicted octanol–water partition coefficient (Wildman–Crippen LogP) is 6.36. The van der Waals surface area contributed by atoms with Crippen molar-refractivity contribution in [3.63, 3.8) is 0 Å². The number of hydrogen-bond donors (Lipinski definition) is 2. The van der Waals surface area contributed by atoms with Gasteiger partial charge in [0.2, 0.25) is 0 Å². The van der Waals surface area contributed by atoms with Gasteiger partial charge in [0, 0.05) is 5.69 Å². The normalized spacial score (nSPS) is 11.0. The van der Waals surface area contributed by atoms with Crippen molar-refractivity contribution in [2.45, 2.75) is 33.1 Å². The van der Waals surface area contributed by atoms with E-state index < -0.39 is 0 Å². The first-order valence-corrected chi connectivity index (χ1v) is 13.0. The molecule has 0 unspecified atom stereocenters. The number of benzene rings is 4. The Hall–Kier alpha value is -4.30. The molecule has 0 bridgehead atoms. The molecule has 0 spiro atoms. The van der Waals surface area contributed by atoms with E-state index in [-0.39, 0.29) is 11.0 Å². The lowest BCUT2D eigenvalue weighted by atomic mass is 10.1. The summed E-state index contributed by atoms with van der Waals surface area (Å²) in [4.78, 5) is 14.7. The Labute approximate surface area is 226 Å². The zero-order chi connectivity index (χ0) is 26.6. The van der Waals surface area contributed by atoms with Crippen molar-refractivity contribution in [2.24, 2.45) is 0 Å². The summed E-state index contributed by atoms with van der Waals surface area (Å²) in [5, 5.41) is 17.3. The van der Waals surface area contributed by atoms with Crippen LogP contribution in [0.5, 0.6) is 5.75 Å². The van der Waals surface area contributed by atoms with Crippen molar-refractivity contribution in [3.8, 4) is 11.4 Å². The molecule has 0 saturated heterocycles. The number of nitrogens with zero attached hydrogens (tertiary/aromatic N) is 3. The molecule has 1 amide bonds.